The average molecular weight is 312 g/mol. The fourth-order valence-electron chi connectivity index (χ4n) is 1.68. The van der Waals surface area contributed by atoms with Crippen LogP contribution in [0.25, 0.3) is 10.6 Å². The fourth-order valence-corrected chi connectivity index (χ4v) is 2.80. The maximum atomic E-state index is 9.47. The maximum Gasteiger partial charge on any atom is 0.123 e. The van der Waals surface area contributed by atoms with Crippen molar-refractivity contribution in [2.24, 2.45) is 0 Å². The number of aliphatic hydroxyl groups excluding tert-OH is 1. The van der Waals surface area contributed by atoms with Crippen LogP contribution in [0.1, 0.15) is 29.8 Å². The van der Waals surface area contributed by atoms with E-state index in [0.717, 1.165) is 20.7 Å². The number of aliphatic hydroxyl groups is 1. The fraction of sp³-hybridized carbons (Fsp3) is 0.308. The highest BCUT2D eigenvalue weighted by molar-refractivity contribution is 9.10. The van der Waals surface area contributed by atoms with Gasteiger partial charge in [0, 0.05) is 15.4 Å². The van der Waals surface area contributed by atoms with E-state index in [4.69, 9.17) is 0 Å². The molecule has 0 fully saturated rings. The molecule has 1 N–H and O–H groups in total. The monoisotopic (exact) mass is 311 g/mol. The highest BCUT2D eigenvalue weighted by Gasteiger charge is 2.10. The van der Waals surface area contributed by atoms with Crippen LogP contribution in [0.2, 0.25) is 0 Å². The first-order valence-corrected chi connectivity index (χ1v) is 7.07. The van der Waals surface area contributed by atoms with Crippen molar-refractivity contribution >= 4 is 27.3 Å². The third-order valence-corrected chi connectivity index (χ3v) is 4.79. The first kappa shape index (κ1) is 12.7. The summed E-state index contributed by atoms with van der Waals surface area (Å²) >= 11 is 5.13. The van der Waals surface area contributed by atoms with Crippen LogP contribution in [0.3, 0.4) is 0 Å². The summed E-state index contributed by atoms with van der Waals surface area (Å²) in [4.78, 5) is 4.45. The van der Waals surface area contributed by atoms with Gasteiger partial charge in [0.1, 0.15) is 5.01 Å². The van der Waals surface area contributed by atoms with Gasteiger partial charge in [-0.25, -0.2) is 4.98 Å². The lowest BCUT2D eigenvalue weighted by Crippen LogP contribution is -1.91. The van der Waals surface area contributed by atoms with Gasteiger partial charge in [0.05, 0.1) is 11.8 Å². The second-order valence-electron chi connectivity index (χ2n) is 4.18. The standard InChI is InChI=1S/C13H14BrNOS/c1-7-4-10(5-8(2)12(7)14)13-15-11(6-17-13)9(3)16/h4-6,9,16H,1-3H3. The van der Waals surface area contributed by atoms with Crippen molar-refractivity contribution in [1.82, 2.24) is 4.98 Å². The lowest BCUT2D eigenvalue weighted by molar-refractivity contribution is 0.195. The molecule has 2 rings (SSSR count). The Kier molecular flexibility index (Phi) is 3.66. The highest BCUT2D eigenvalue weighted by Crippen LogP contribution is 2.31. The van der Waals surface area contributed by atoms with Gasteiger partial charge in [-0.2, -0.15) is 0 Å². The van der Waals surface area contributed by atoms with Crippen molar-refractivity contribution in [2.45, 2.75) is 26.9 Å². The molecule has 1 heterocycles. The van der Waals surface area contributed by atoms with E-state index in [0.29, 0.717) is 0 Å². The van der Waals surface area contributed by atoms with E-state index in [1.807, 2.05) is 5.38 Å². The van der Waals surface area contributed by atoms with E-state index in [1.54, 1.807) is 18.3 Å². The smallest absolute Gasteiger partial charge is 0.123 e. The summed E-state index contributed by atoms with van der Waals surface area (Å²) in [6.07, 6.45) is -0.502. The largest absolute Gasteiger partial charge is 0.387 e. The molecule has 2 aromatic rings. The minimum Gasteiger partial charge on any atom is -0.387 e. The first-order chi connectivity index (χ1) is 7.99. The molecule has 0 saturated heterocycles. The summed E-state index contributed by atoms with van der Waals surface area (Å²) in [6, 6.07) is 4.23. The average Bonchev–Trinajstić information content (AvgIpc) is 2.74. The molecule has 0 amide bonds. The molecule has 0 aliphatic rings. The molecule has 1 atom stereocenters. The molecule has 0 aliphatic heterocycles. The molecule has 0 radical (unpaired) electrons. The van der Waals surface area contributed by atoms with Crippen LogP contribution in [-0.2, 0) is 0 Å². The van der Waals surface area contributed by atoms with Crippen LogP contribution >= 0.6 is 27.3 Å². The molecule has 90 valence electrons. The predicted molar refractivity (Wildman–Crippen MR) is 75.4 cm³/mol. The van der Waals surface area contributed by atoms with Crippen molar-refractivity contribution in [3.05, 3.63) is 38.8 Å². The first-order valence-electron chi connectivity index (χ1n) is 5.39. The molecular formula is C13H14BrNOS. The minimum absolute atomic E-state index is 0.502. The van der Waals surface area contributed by atoms with Crippen molar-refractivity contribution < 1.29 is 5.11 Å². The zero-order valence-corrected chi connectivity index (χ0v) is 12.4. The second-order valence-corrected chi connectivity index (χ2v) is 5.83. The topological polar surface area (TPSA) is 33.1 Å². The lowest BCUT2D eigenvalue weighted by Gasteiger charge is -2.05. The molecule has 4 heteroatoms. The SMILES string of the molecule is Cc1cc(-c2nc(C(C)O)cs2)cc(C)c1Br. The number of hydrogen-bond donors (Lipinski definition) is 1. The molecule has 1 aromatic carbocycles. The van der Waals surface area contributed by atoms with Gasteiger partial charge in [0.25, 0.3) is 0 Å². The van der Waals surface area contributed by atoms with Crippen molar-refractivity contribution in [3.63, 3.8) is 0 Å². The van der Waals surface area contributed by atoms with E-state index in [9.17, 15) is 5.11 Å². The number of benzene rings is 1. The maximum absolute atomic E-state index is 9.47. The zero-order valence-electron chi connectivity index (χ0n) is 9.99. The summed E-state index contributed by atoms with van der Waals surface area (Å²) in [5.41, 5.74) is 4.26. The third kappa shape index (κ3) is 2.59. The Bertz CT molecular complexity index is 525. The van der Waals surface area contributed by atoms with Gasteiger partial charge in [-0.05, 0) is 44.0 Å². The third-order valence-electron chi connectivity index (χ3n) is 2.63. The van der Waals surface area contributed by atoms with Gasteiger partial charge >= 0.3 is 0 Å². The number of hydrogen-bond acceptors (Lipinski definition) is 3. The van der Waals surface area contributed by atoms with Crippen LogP contribution in [-0.4, -0.2) is 10.1 Å². The van der Waals surface area contributed by atoms with Crippen LogP contribution in [0, 0.1) is 13.8 Å². The second kappa shape index (κ2) is 4.88. The number of halogens is 1. The Morgan fingerprint density at radius 3 is 2.35 bits per heavy atom. The summed E-state index contributed by atoms with van der Waals surface area (Å²) in [7, 11) is 0. The van der Waals surface area contributed by atoms with E-state index >= 15 is 0 Å². The highest BCUT2D eigenvalue weighted by atomic mass is 79.9. The number of aromatic nitrogens is 1. The van der Waals surface area contributed by atoms with E-state index in [2.05, 4.69) is 46.9 Å². The quantitative estimate of drug-likeness (QED) is 0.899. The zero-order chi connectivity index (χ0) is 12.6. The van der Waals surface area contributed by atoms with Crippen molar-refractivity contribution in [2.75, 3.05) is 0 Å². The molecule has 0 spiro atoms. The Balaban J connectivity index is 2.46. The van der Waals surface area contributed by atoms with E-state index in [1.165, 1.54) is 11.1 Å². The van der Waals surface area contributed by atoms with Crippen LogP contribution in [0.4, 0.5) is 0 Å². The molecule has 1 unspecified atom stereocenters. The van der Waals surface area contributed by atoms with Gasteiger partial charge in [0.2, 0.25) is 0 Å². The molecule has 2 nitrogen and oxygen atoms in total. The number of rotatable bonds is 2. The lowest BCUT2D eigenvalue weighted by atomic mass is 10.1. The Labute approximate surface area is 113 Å². The van der Waals surface area contributed by atoms with Crippen LogP contribution < -0.4 is 0 Å². The molecular weight excluding hydrogens is 298 g/mol. The number of thiazole rings is 1. The normalized spacial score (nSPS) is 12.8. The van der Waals surface area contributed by atoms with E-state index < -0.39 is 6.10 Å². The molecule has 17 heavy (non-hydrogen) atoms. The molecule has 0 aliphatic carbocycles. The van der Waals surface area contributed by atoms with Gasteiger partial charge in [0.15, 0.2) is 0 Å². The molecule has 0 saturated carbocycles. The van der Waals surface area contributed by atoms with Gasteiger partial charge < -0.3 is 5.11 Å². The van der Waals surface area contributed by atoms with E-state index in [-0.39, 0.29) is 0 Å². The van der Waals surface area contributed by atoms with Crippen molar-refractivity contribution in [3.8, 4) is 10.6 Å². The Morgan fingerprint density at radius 1 is 1.29 bits per heavy atom. The molecule has 0 bridgehead atoms. The Morgan fingerprint density at radius 2 is 1.88 bits per heavy atom. The van der Waals surface area contributed by atoms with Crippen LogP contribution in [0.15, 0.2) is 22.0 Å². The van der Waals surface area contributed by atoms with Gasteiger partial charge in [-0.1, -0.05) is 15.9 Å². The van der Waals surface area contributed by atoms with Gasteiger partial charge in [-0.15, -0.1) is 11.3 Å². The summed E-state index contributed by atoms with van der Waals surface area (Å²) in [5, 5.41) is 12.3. The van der Waals surface area contributed by atoms with Gasteiger partial charge in [-0.3, -0.25) is 0 Å². The molecule has 1 aromatic heterocycles. The minimum atomic E-state index is -0.502. The Hall–Kier alpha value is -0.710. The summed E-state index contributed by atoms with van der Waals surface area (Å²) in [5.74, 6) is 0. The summed E-state index contributed by atoms with van der Waals surface area (Å²) in [6.45, 7) is 5.88. The van der Waals surface area contributed by atoms with Crippen LogP contribution in [0.5, 0.6) is 0 Å². The predicted octanol–water partition coefficient (Wildman–Crippen LogP) is 4.24. The number of nitrogens with zero attached hydrogens (tertiary/aromatic N) is 1. The summed E-state index contributed by atoms with van der Waals surface area (Å²) < 4.78 is 1.15. The van der Waals surface area contributed by atoms with Crippen molar-refractivity contribution in [1.29, 1.82) is 0 Å². The number of aryl methyl sites for hydroxylation is 2.